The van der Waals surface area contributed by atoms with E-state index in [0.717, 1.165) is 54.7 Å². The number of halogens is 3. The lowest BCUT2D eigenvalue weighted by molar-refractivity contribution is 0.122. The molecule has 0 amide bonds. The van der Waals surface area contributed by atoms with Crippen molar-refractivity contribution in [2.24, 2.45) is 11.7 Å². The van der Waals surface area contributed by atoms with E-state index in [1.54, 1.807) is 13.1 Å². The van der Waals surface area contributed by atoms with Crippen LogP contribution in [0.5, 0.6) is 5.75 Å². The molecular weight excluding hydrogens is 418 g/mol. The minimum atomic E-state index is -0.521. The Balaban J connectivity index is 0.000000254. The normalized spacial score (nSPS) is 19.4. The van der Waals surface area contributed by atoms with Gasteiger partial charge in [0.25, 0.3) is 0 Å². The fraction of sp³-hybridized carbons (Fsp3) is 0.400. The van der Waals surface area contributed by atoms with E-state index in [1.165, 1.54) is 12.1 Å². The highest BCUT2D eigenvalue weighted by atomic mass is 35.5. The number of nitrogens with two attached hydrogens (primary N) is 1. The number of ether oxygens (including phenoxy) is 1. The minimum Gasteiger partial charge on any atom is -0.489 e. The maximum atomic E-state index is 12.2. The first-order valence-corrected chi connectivity index (χ1v) is 11.1. The van der Waals surface area contributed by atoms with Crippen LogP contribution in [-0.4, -0.2) is 17.1 Å². The van der Waals surface area contributed by atoms with Crippen LogP contribution in [0.3, 0.4) is 0 Å². The van der Waals surface area contributed by atoms with Crippen molar-refractivity contribution in [3.05, 3.63) is 71.0 Å². The van der Waals surface area contributed by atoms with Gasteiger partial charge in [0, 0.05) is 29.9 Å². The number of hydrogen-bond donors (Lipinski definition) is 1. The molecule has 166 valence electrons. The van der Waals surface area contributed by atoms with Crippen molar-refractivity contribution < 1.29 is 13.5 Å². The lowest BCUT2D eigenvalue weighted by Gasteiger charge is -2.32. The SMILES string of the molecule is CCC(N)C1CCC(Oc2cc3ccncc3cc2Cl)CC1.Cc1cc(F)cc(F)c1. The first kappa shape index (κ1) is 23.4. The van der Waals surface area contributed by atoms with Gasteiger partial charge in [-0.2, -0.15) is 0 Å². The van der Waals surface area contributed by atoms with Crippen molar-refractivity contribution in [2.75, 3.05) is 0 Å². The Labute approximate surface area is 187 Å². The van der Waals surface area contributed by atoms with Gasteiger partial charge in [-0.1, -0.05) is 18.5 Å². The highest BCUT2D eigenvalue weighted by Gasteiger charge is 2.26. The monoisotopic (exact) mass is 446 g/mol. The van der Waals surface area contributed by atoms with Crippen molar-refractivity contribution in [3.8, 4) is 5.75 Å². The minimum absolute atomic E-state index is 0.247. The van der Waals surface area contributed by atoms with E-state index in [2.05, 4.69) is 11.9 Å². The van der Waals surface area contributed by atoms with Gasteiger partial charge in [0.1, 0.15) is 17.4 Å². The third kappa shape index (κ3) is 6.62. The van der Waals surface area contributed by atoms with Gasteiger partial charge in [-0.05, 0) is 86.2 Å². The van der Waals surface area contributed by atoms with Crippen LogP contribution in [0, 0.1) is 24.5 Å². The molecule has 3 nitrogen and oxygen atoms in total. The molecule has 1 saturated carbocycles. The number of benzene rings is 2. The van der Waals surface area contributed by atoms with Gasteiger partial charge in [0.05, 0.1) is 11.1 Å². The number of fused-ring (bicyclic) bond motifs is 1. The Kier molecular flexibility index (Phi) is 8.22. The van der Waals surface area contributed by atoms with Crippen molar-refractivity contribution in [1.82, 2.24) is 4.98 Å². The van der Waals surface area contributed by atoms with E-state index in [9.17, 15) is 8.78 Å². The van der Waals surface area contributed by atoms with E-state index >= 15 is 0 Å². The average Bonchev–Trinajstić information content (AvgIpc) is 2.74. The summed E-state index contributed by atoms with van der Waals surface area (Å²) >= 11 is 6.35. The maximum Gasteiger partial charge on any atom is 0.138 e. The summed E-state index contributed by atoms with van der Waals surface area (Å²) in [6, 6.07) is 9.67. The standard InChI is InChI=1S/C18H23ClN2O.C7H6F2/c1-2-17(20)12-3-5-15(6-4-12)22-18-10-13-7-8-21-11-14(13)9-16(18)19;1-5-2-6(8)4-7(9)3-5/h7-12,15,17H,2-6,20H2,1H3;2-4H,1H3. The van der Waals surface area contributed by atoms with Gasteiger partial charge < -0.3 is 10.5 Å². The number of pyridine rings is 1. The molecule has 1 fully saturated rings. The highest BCUT2D eigenvalue weighted by molar-refractivity contribution is 6.32. The molecule has 1 unspecified atom stereocenters. The fourth-order valence-electron chi connectivity index (χ4n) is 4.02. The van der Waals surface area contributed by atoms with Crippen molar-refractivity contribution in [2.45, 2.75) is 58.1 Å². The van der Waals surface area contributed by atoms with Crippen LogP contribution >= 0.6 is 11.6 Å². The van der Waals surface area contributed by atoms with Crippen LogP contribution in [0.25, 0.3) is 10.8 Å². The summed E-state index contributed by atoms with van der Waals surface area (Å²) in [4.78, 5) is 4.12. The van der Waals surface area contributed by atoms with Crippen LogP contribution in [0.15, 0.2) is 48.8 Å². The molecule has 3 aromatic rings. The molecule has 31 heavy (non-hydrogen) atoms. The molecular formula is C25H29ClF2N2O. The zero-order valence-corrected chi connectivity index (χ0v) is 18.7. The summed E-state index contributed by atoms with van der Waals surface area (Å²) in [6.45, 7) is 3.81. The second kappa shape index (κ2) is 10.9. The molecule has 0 spiro atoms. The number of aryl methyl sites for hydroxylation is 1. The number of hydrogen-bond acceptors (Lipinski definition) is 3. The van der Waals surface area contributed by atoms with Gasteiger partial charge in [-0.25, -0.2) is 8.78 Å². The van der Waals surface area contributed by atoms with Crippen LogP contribution in [0.1, 0.15) is 44.6 Å². The van der Waals surface area contributed by atoms with E-state index in [-0.39, 0.29) is 6.10 Å². The topological polar surface area (TPSA) is 48.1 Å². The van der Waals surface area contributed by atoms with E-state index in [1.807, 2.05) is 24.4 Å². The molecule has 6 heteroatoms. The summed E-state index contributed by atoms with van der Waals surface area (Å²) in [5.41, 5.74) is 6.77. The summed E-state index contributed by atoms with van der Waals surface area (Å²) in [5, 5.41) is 2.81. The lowest BCUT2D eigenvalue weighted by atomic mass is 9.82. The molecule has 1 aliphatic rings. The molecule has 4 rings (SSSR count). The second-order valence-corrected chi connectivity index (χ2v) is 8.59. The molecule has 2 N–H and O–H groups in total. The smallest absolute Gasteiger partial charge is 0.138 e. The van der Waals surface area contributed by atoms with Crippen LogP contribution in [0.4, 0.5) is 8.78 Å². The lowest BCUT2D eigenvalue weighted by Crippen LogP contribution is -2.35. The zero-order chi connectivity index (χ0) is 22.4. The number of aromatic nitrogens is 1. The van der Waals surface area contributed by atoms with Gasteiger partial charge >= 0.3 is 0 Å². The summed E-state index contributed by atoms with van der Waals surface area (Å²) in [5.74, 6) is 0.381. The molecule has 0 radical (unpaired) electrons. The molecule has 0 aliphatic heterocycles. The Bertz CT molecular complexity index is 956. The quantitative estimate of drug-likeness (QED) is 0.477. The Morgan fingerprint density at radius 3 is 2.35 bits per heavy atom. The first-order valence-electron chi connectivity index (χ1n) is 10.7. The van der Waals surface area contributed by atoms with E-state index in [4.69, 9.17) is 22.1 Å². The Morgan fingerprint density at radius 2 is 1.74 bits per heavy atom. The molecule has 1 atom stereocenters. The van der Waals surface area contributed by atoms with Crippen LogP contribution in [-0.2, 0) is 0 Å². The fourth-order valence-corrected chi connectivity index (χ4v) is 4.23. The van der Waals surface area contributed by atoms with Crippen LogP contribution < -0.4 is 10.5 Å². The largest absolute Gasteiger partial charge is 0.489 e. The average molecular weight is 447 g/mol. The van der Waals surface area contributed by atoms with Gasteiger partial charge in [0.2, 0.25) is 0 Å². The zero-order valence-electron chi connectivity index (χ0n) is 18.0. The van der Waals surface area contributed by atoms with E-state index < -0.39 is 11.6 Å². The van der Waals surface area contributed by atoms with Crippen molar-refractivity contribution in [3.63, 3.8) is 0 Å². The predicted octanol–water partition coefficient (Wildman–Crippen LogP) is 6.84. The molecule has 1 heterocycles. The molecule has 0 bridgehead atoms. The predicted molar refractivity (Wildman–Crippen MR) is 122 cm³/mol. The third-order valence-electron chi connectivity index (χ3n) is 5.79. The molecule has 1 aromatic heterocycles. The summed E-state index contributed by atoms with van der Waals surface area (Å²) in [6.07, 6.45) is 9.33. The Morgan fingerprint density at radius 1 is 1.06 bits per heavy atom. The summed E-state index contributed by atoms with van der Waals surface area (Å²) in [7, 11) is 0. The highest BCUT2D eigenvalue weighted by Crippen LogP contribution is 2.34. The molecule has 0 saturated heterocycles. The second-order valence-electron chi connectivity index (χ2n) is 8.18. The van der Waals surface area contributed by atoms with Crippen molar-refractivity contribution in [1.29, 1.82) is 0 Å². The van der Waals surface area contributed by atoms with Crippen molar-refractivity contribution >= 4 is 22.4 Å². The number of rotatable bonds is 4. The maximum absolute atomic E-state index is 12.2. The van der Waals surface area contributed by atoms with Gasteiger partial charge in [-0.3, -0.25) is 4.98 Å². The number of nitrogens with zero attached hydrogens (tertiary/aromatic N) is 1. The third-order valence-corrected chi connectivity index (χ3v) is 6.08. The van der Waals surface area contributed by atoms with E-state index in [0.29, 0.717) is 22.5 Å². The first-order chi connectivity index (χ1) is 14.9. The van der Waals surface area contributed by atoms with Gasteiger partial charge in [0.15, 0.2) is 0 Å². The van der Waals surface area contributed by atoms with Crippen LogP contribution in [0.2, 0.25) is 5.02 Å². The molecule has 1 aliphatic carbocycles. The summed E-state index contributed by atoms with van der Waals surface area (Å²) < 4.78 is 30.5. The van der Waals surface area contributed by atoms with Gasteiger partial charge in [-0.15, -0.1) is 0 Å². The Hall–Kier alpha value is -2.24. The molecule has 2 aromatic carbocycles.